The Kier molecular flexibility index (Phi) is 5.47. The van der Waals surface area contributed by atoms with E-state index in [9.17, 15) is 0 Å². The molecule has 4 heteroatoms. The van der Waals surface area contributed by atoms with Crippen LogP contribution in [0.25, 0.3) is 11.4 Å². The van der Waals surface area contributed by atoms with Gasteiger partial charge in [0.2, 0.25) is 0 Å². The van der Waals surface area contributed by atoms with Gasteiger partial charge in [0.1, 0.15) is 5.82 Å². The molecule has 4 nitrogen and oxygen atoms in total. The first-order valence-electron chi connectivity index (χ1n) is 7.29. The van der Waals surface area contributed by atoms with Crippen LogP contribution in [0.2, 0.25) is 0 Å². The number of rotatable bonds is 7. The van der Waals surface area contributed by atoms with Crippen LogP contribution in [-0.2, 0) is 0 Å². The molecule has 2 heterocycles. The van der Waals surface area contributed by atoms with E-state index in [4.69, 9.17) is 0 Å². The molecule has 2 rings (SSSR count). The van der Waals surface area contributed by atoms with Gasteiger partial charge in [0.15, 0.2) is 5.82 Å². The average molecular weight is 270 g/mol. The van der Waals surface area contributed by atoms with Crippen molar-refractivity contribution in [1.82, 2.24) is 15.0 Å². The third-order valence-electron chi connectivity index (χ3n) is 3.13. The topological polar surface area (TPSA) is 50.7 Å². The maximum absolute atomic E-state index is 4.57. The zero-order chi connectivity index (χ0) is 14.2. The molecule has 0 aliphatic heterocycles. The second-order valence-electron chi connectivity index (χ2n) is 4.94. The summed E-state index contributed by atoms with van der Waals surface area (Å²) in [6.45, 7) is 5.18. The summed E-state index contributed by atoms with van der Waals surface area (Å²) in [5, 5.41) is 3.39. The number of anilines is 1. The molecular formula is C16H22N4. The minimum atomic E-state index is 0.753. The van der Waals surface area contributed by atoms with E-state index in [-0.39, 0.29) is 0 Å². The molecular weight excluding hydrogens is 248 g/mol. The standard InChI is InChI=1S/C16H22N4/c1-3-4-5-6-9-18-15-12-13(2)19-16(20-15)14-7-10-17-11-8-14/h7-8,10-12H,3-6,9H2,1-2H3,(H,18,19,20). The predicted octanol–water partition coefficient (Wildman–Crippen LogP) is 3.84. The molecule has 106 valence electrons. The third-order valence-corrected chi connectivity index (χ3v) is 3.13. The molecule has 0 aliphatic carbocycles. The minimum Gasteiger partial charge on any atom is -0.370 e. The molecule has 2 aromatic rings. The van der Waals surface area contributed by atoms with Crippen molar-refractivity contribution in [3.63, 3.8) is 0 Å². The molecule has 0 atom stereocenters. The monoisotopic (exact) mass is 270 g/mol. The quantitative estimate of drug-likeness (QED) is 0.777. The van der Waals surface area contributed by atoms with Crippen LogP contribution in [0.1, 0.15) is 38.3 Å². The van der Waals surface area contributed by atoms with E-state index in [2.05, 4.69) is 27.2 Å². The Morgan fingerprint density at radius 2 is 1.85 bits per heavy atom. The summed E-state index contributed by atoms with van der Waals surface area (Å²) in [4.78, 5) is 13.1. The zero-order valence-corrected chi connectivity index (χ0v) is 12.3. The first-order chi connectivity index (χ1) is 9.79. The molecule has 0 radical (unpaired) electrons. The van der Waals surface area contributed by atoms with Gasteiger partial charge >= 0.3 is 0 Å². The maximum Gasteiger partial charge on any atom is 0.161 e. The molecule has 0 aliphatic rings. The molecule has 20 heavy (non-hydrogen) atoms. The van der Waals surface area contributed by atoms with Crippen molar-refractivity contribution in [2.75, 3.05) is 11.9 Å². The fourth-order valence-corrected chi connectivity index (χ4v) is 2.06. The van der Waals surface area contributed by atoms with Gasteiger partial charge in [0.05, 0.1) is 0 Å². The fourth-order valence-electron chi connectivity index (χ4n) is 2.06. The lowest BCUT2D eigenvalue weighted by Crippen LogP contribution is -2.05. The van der Waals surface area contributed by atoms with E-state index in [0.29, 0.717) is 0 Å². The van der Waals surface area contributed by atoms with E-state index in [1.807, 2.05) is 25.1 Å². The van der Waals surface area contributed by atoms with Crippen LogP contribution in [0, 0.1) is 6.92 Å². The predicted molar refractivity (Wildman–Crippen MR) is 82.6 cm³/mol. The molecule has 0 saturated carbocycles. The lowest BCUT2D eigenvalue weighted by Gasteiger charge is -2.08. The van der Waals surface area contributed by atoms with Crippen molar-refractivity contribution in [3.8, 4) is 11.4 Å². The van der Waals surface area contributed by atoms with Crippen molar-refractivity contribution in [1.29, 1.82) is 0 Å². The zero-order valence-electron chi connectivity index (χ0n) is 12.3. The Labute approximate surface area is 120 Å². The van der Waals surface area contributed by atoms with Crippen LogP contribution in [0.15, 0.2) is 30.6 Å². The molecule has 2 aromatic heterocycles. The average Bonchev–Trinajstić information content (AvgIpc) is 2.47. The fraction of sp³-hybridized carbons (Fsp3) is 0.438. The van der Waals surface area contributed by atoms with Gasteiger partial charge in [-0.2, -0.15) is 0 Å². The number of hydrogen-bond acceptors (Lipinski definition) is 4. The maximum atomic E-state index is 4.57. The van der Waals surface area contributed by atoms with Crippen LogP contribution in [0.3, 0.4) is 0 Å². The Morgan fingerprint density at radius 1 is 1.05 bits per heavy atom. The van der Waals surface area contributed by atoms with E-state index in [1.165, 1.54) is 25.7 Å². The van der Waals surface area contributed by atoms with Crippen molar-refractivity contribution < 1.29 is 0 Å². The number of aryl methyl sites for hydroxylation is 1. The van der Waals surface area contributed by atoms with Crippen LogP contribution in [0.5, 0.6) is 0 Å². The van der Waals surface area contributed by atoms with E-state index in [1.54, 1.807) is 12.4 Å². The van der Waals surface area contributed by atoms with E-state index in [0.717, 1.165) is 29.4 Å². The van der Waals surface area contributed by atoms with Gasteiger partial charge in [-0.25, -0.2) is 9.97 Å². The van der Waals surface area contributed by atoms with Gasteiger partial charge in [0, 0.05) is 36.3 Å². The van der Waals surface area contributed by atoms with Gasteiger partial charge in [-0.15, -0.1) is 0 Å². The molecule has 1 N–H and O–H groups in total. The van der Waals surface area contributed by atoms with Crippen molar-refractivity contribution >= 4 is 5.82 Å². The van der Waals surface area contributed by atoms with Crippen LogP contribution >= 0.6 is 0 Å². The van der Waals surface area contributed by atoms with Gasteiger partial charge in [-0.1, -0.05) is 26.2 Å². The number of nitrogens with one attached hydrogen (secondary N) is 1. The summed E-state index contributed by atoms with van der Waals surface area (Å²) in [7, 11) is 0. The van der Waals surface area contributed by atoms with Crippen molar-refractivity contribution in [2.45, 2.75) is 39.5 Å². The van der Waals surface area contributed by atoms with Crippen molar-refractivity contribution in [2.24, 2.45) is 0 Å². The van der Waals surface area contributed by atoms with Crippen LogP contribution in [-0.4, -0.2) is 21.5 Å². The van der Waals surface area contributed by atoms with E-state index < -0.39 is 0 Å². The summed E-state index contributed by atoms with van der Waals surface area (Å²) in [5.41, 5.74) is 1.97. The lowest BCUT2D eigenvalue weighted by atomic mass is 10.2. The first-order valence-corrected chi connectivity index (χ1v) is 7.29. The molecule has 0 fully saturated rings. The van der Waals surface area contributed by atoms with Crippen molar-refractivity contribution in [3.05, 3.63) is 36.3 Å². The highest BCUT2D eigenvalue weighted by Crippen LogP contribution is 2.16. The number of pyridine rings is 1. The van der Waals surface area contributed by atoms with E-state index >= 15 is 0 Å². The molecule has 0 bridgehead atoms. The molecule has 0 unspecified atom stereocenters. The number of unbranched alkanes of at least 4 members (excludes halogenated alkanes) is 3. The highest BCUT2D eigenvalue weighted by Gasteiger charge is 2.04. The first kappa shape index (κ1) is 14.4. The van der Waals surface area contributed by atoms with Gasteiger partial charge in [-0.05, 0) is 25.5 Å². The summed E-state index contributed by atoms with van der Waals surface area (Å²) in [5.74, 6) is 1.66. The second kappa shape index (κ2) is 7.58. The number of aromatic nitrogens is 3. The Morgan fingerprint density at radius 3 is 2.60 bits per heavy atom. The molecule has 0 saturated heterocycles. The van der Waals surface area contributed by atoms with Gasteiger partial charge in [-0.3, -0.25) is 4.98 Å². The smallest absolute Gasteiger partial charge is 0.161 e. The highest BCUT2D eigenvalue weighted by atomic mass is 15.0. The van der Waals surface area contributed by atoms with Crippen LogP contribution < -0.4 is 5.32 Å². The summed E-state index contributed by atoms with van der Waals surface area (Å²) in [6, 6.07) is 5.85. The Bertz CT molecular complexity index is 525. The summed E-state index contributed by atoms with van der Waals surface area (Å²) < 4.78 is 0. The summed E-state index contributed by atoms with van der Waals surface area (Å²) >= 11 is 0. The molecule has 0 aromatic carbocycles. The highest BCUT2D eigenvalue weighted by molar-refractivity contribution is 5.56. The summed E-state index contributed by atoms with van der Waals surface area (Å²) in [6.07, 6.45) is 8.54. The normalized spacial score (nSPS) is 10.5. The lowest BCUT2D eigenvalue weighted by molar-refractivity contribution is 0.684. The third kappa shape index (κ3) is 4.30. The molecule has 0 amide bonds. The Balaban J connectivity index is 2.02. The minimum absolute atomic E-state index is 0.753. The van der Waals surface area contributed by atoms with Crippen LogP contribution in [0.4, 0.5) is 5.82 Å². The van der Waals surface area contributed by atoms with Gasteiger partial charge < -0.3 is 5.32 Å². The molecule has 0 spiro atoms. The number of hydrogen-bond donors (Lipinski definition) is 1. The number of nitrogens with zero attached hydrogens (tertiary/aromatic N) is 3. The Hall–Kier alpha value is -1.97. The second-order valence-corrected chi connectivity index (χ2v) is 4.94. The largest absolute Gasteiger partial charge is 0.370 e. The van der Waals surface area contributed by atoms with Gasteiger partial charge in [0.25, 0.3) is 0 Å². The SMILES string of the molecule is CCCCCCNc1cc(C)nc(-c2ccncc2)n1.